The second-order valence-electron chi connectivity index (χ2n) is 5.60. The van der Waals surface area contributed by atoms with E-state index in [2.05, 4.69) is 19.2 Å². The predicted octanol–water partition coefficient (Wildman–Crippen LogP) is 3.08. The van der Waals surface area contributed by atoms with Gasteiger partial charge in [0.25, 0.3) is 0 Å². The van der Waals surface area contributed by atoms with Gasteiger partial charge in [-0.2, -0.15) is 0 Å². The highest BCUT2D eigenvalue weighted by molar-refractivity contribution is 7.91. The Balaban J connectivity index is 3.06. The fraction of sp³-hybridized carbons (Fsp3) is 0.625. The molecule has 4 nitrogen and oxygen atoms in total. The molecule has 1 atom stereocenters. The third-order valence-electron chi connectivity index (χ3n) is 3.58. The second kappa shape index (κ2) is 7.80. The van der Waals surface area contributed by atoms with Crippen LogP contribution in [-0.2, 0) is 15.6 Å². The largest absolute Gasteiger partial charge is 0.496 e. The maximum atomic E-state index is 12.1. The molecule has 0 fully saturated rings. The smallest absolute Gasteiger partial charge is 0.156 e. The molecule has 0 aromatic heterocycles. The van der Waals surface area contributed by atoms with Crippen molar-refractivity contribution < 1.29 is 13.2 Å². The van der Waals surface area contributed by atoms with Crippen LogP contribution < -0.4 is 10.1 Å². The Morgan fingerprint density at radius 1 is 1.24 bits per heavy atom. The lowest BCUT2D eigenvalue weighted by molar-refractivity contribution is 0.410. The molecule has 1 rings (SSSR count). The predicted molar refractivity (Wildman–Crippen MR) is 87.5 cm³/mol. The third-order valence-corrected chi connectivity index (χ3v) is 5.73. The van der Waals surface area contributed by atoms with Crippen LogP contribution in [0.4, 0.5) is 0 Å². The topological polar surface area (TPSA) is 55.4 Å². The van der Waals surface area contributed by atoms with Crippen LogP contribution in [-0.4, -0.2) is 27.3 Å². The fourth-order valence-electron chi connectivity index (χ4n) is 2.04. The van der Waals surface area contributed by atoms with Crippen molar-refractivity contribution in [1.29, 1.82) is 0 Å². The van der Waals surface area contributed by atoms with Crippen LogP contribution in [0.2, 0.25) is 0 Å². The van der Waals surface area contributed by atoms with Crippen molar-refractivity contribution in [3.05, 3.63) is 29.3 Å². The van der Waals surface area contributed by atoms with Gasteiger partial charge in [0.05, 0.1) is 18.1 Å². The molecule has 0 saturated heterocycles. The zero-order valence-electron chi connectivity index (χ0n) is 13.6. The molecule has 0 heterocycles. The average Bonchev–Trinajstić information content (AvgIpc) is 2.44. The minimum absolute atomic E-state index is 0.0160. The van der Waals surface area contributed by atoms with Crippen molar-refractivity contribution in [3.8, 4) is 5.75 Å². The van der Waals surface area contributed by atoms with Crippen LogP contribution >= 0.6 is 0 Å². The van der Waals surface area contributed by atoms with E-state index in [9.17, 15) is 8.42 Å². The van der Waals surface area contributed by atoms with Crippen LogP contribution in [0.25, 0.3) is 0 Å². The van der Waals surface area contributed by atoms with E-state index in [1.165, 1.54) is 0 Å². The normalized spacial score (nSPS) is 13.4. The van der Waals surface area contributed by atoms with E-state index < -0.39 is 9.84 Å². The van der Waals surface area contributed by atoms with Crippen LogP contribution in [0.1, 0.15) is 51.3 Å². The zero-order valence-corrected chi connectivity index (χ0v) is 14.5. The van der Waals surface area contributed by atoms with E-state index in [0.717, 1.165) is 24.1 Å². The van der Waals surface area contributed by atoms with Crippen LogP contribution in [0.5, 0.6) is 5.75 Å². The van der Waals surface area contributed by atoms with Gasteiger partial charge >= 0.3 is 0 Å². The molecule has 1 unspecified atom stereocenters. The third kappa shape index (κ3) is 5.00. The van der Waals surface area contributed by atoms with Crippen molar-refractivity contribution in [3.63, 3.8) is 0 Å². The van der Waals surface area contributed by atoms with Gasteiger partial charge in [-0.15, -0.1) is 0 Å². The molecule has 0 aliphatic carbocycles. The molecule has 1 aromatic rings. The Labute approximate surface area is 128 Å². The van der Waals surface area contributed by atoms with Gasteiger partial charge in [0, 0.05) is 11.6 Å². The molecule has 21 heavy (non-hydrogen) atoms. The maximum Gasteiger partial charge on any atom is 0.156 e. The van der Waals surface area contributed by atoms with Gasteiger partial charge < -0.3 is 10.1 Å². The van der Waals surface area contributed by atoms with Gasteiger partial charge in [0.2, 0.25) is 0 Å². The van der Waals surface area contributed by atoms with E-state index in [1.807, 2.05) is 18.2 Å². The summed E-state index contributed by atoms with van der Waals surface area (Å²) in [7, 11) is -1.57. The number of hydrogen-bond acceptors (Lipinski definition) is 4. The van der Waals surface area contributed by atoms with Crippen LogP contribution in [0.3, 0.4) is 0 Å². The average molecular weight is 313 g/mol. The number of ether oxygens (including phenoxy) is 1. The number of hydrogen-bond donors (Lipinski definition) is 1. The molecule has 0 aliphatic rings. The lowest BCUT2D eigenvalue weighted by atomic mass is 10.0. The molecule has 5 heteroatoms. The summed E-state index contributed by atoms with van der Waals surface area (Å²) >= 11 is 0. The molecule has 1 N–H and O–H groups in total. The molecular formula is C16H27NO3S. The molecular weight excluding hydrogens is 286 g/mol. The first kappa shape index (κ1) is 18.0. The Morgan fingerprint density at radius 3 is 2.43 bits per heavy atom. The lowest BCUT2D eigenvalue weighted by Gasteiger charge is -2.17. The molecule has 0 radical (unpaired) electrons. The van der Waals surface area contributed by atoms with E-state index >= 15 is 0 Å². The van der Waals surface area contributed by atoms with Gasteiger partial charge in [0.15, 0.2) is 9.84 Å². The first-order chi connectivity index (χ1) is 9.81. The molecule has 0 spiro atoms. The number of methoxy groups -OCH3 is 1. The summed E-state index contributed by atoms with van der Waals surface area (Å²) in [5, 5.41) is 3.02. The van der Waals surface area contributed by atoms with Crippen molar-refractivity contribution in [2.45, 2.75) is 51.2 Å². The Hall–Kier alpha value is -1.07. The van der Waals surface area contributed by atoms with E-state index in [1.54, 1.807) is 21.0 Å². The Bertz CT molecular complexity index is 553. The number of rotatable bonds is 8. The van der Waals surface area contributed by atoms with E-state index in [4.69, 9.17) is 4.74 Å². The van der Waals surface area contributed by atoms with Crippen molar-refractivity contribution in [1.82, 2.24) is 5.32 Å². The summed E-state index contributed by atoms with van der Waals surface area (Å²) < 4.78 is 29.6. The summed E-state index contributed by atoms with van der Waals surface area (Å²) in [6.07, 6.45) is 1.06. The minimum Gasteiger partial charge on any atom is -0.496 e. The van der Waals surface area contributed by atoms with Crippen molar-refractivity contribution in [2.24, 2.45) is 0 Å². The molecule has 0 amide bonds. The van der Waals surface area contributed by atoms with Gasteiger partial charge in [-0.1, -0.05) is 13.0 Å². The van der Waals surface area contributed by atoms with E-state index in [-0.39, 0.29) is 17.0 Å². The van der Waals surface area contributed by atoms with Gasteiger partial charge in [-0.25, -0.2) is 8.42 Å². The summed E-state index contributed by atoms with van der Waals surface area (Å²) in [5.41, 5.74) is 1.81. The van der Waals surface area contributed by atoms with Crippen molar-refractivity contribution in [2.75, 3.05) is 13.7 Å². The molecule has 0 saturated carbocycles. The summed E-state index contributed by atoms with van der Waals surface area (Å²) in [6, 6.07) is 5.96. The maximum absolute atomic E-state index is 12.1. The second-order valence-corrected chi connectivity index (χ2v) is 8.16. The first-order valence-corrected chi connectivity index (χ1v) is 9.15. The molecule has 1 aromatic carbocycles. The molecule has 0 bridgehead atoms. The van der Waals surface area contributed by atoms with Gasteiger partial charge in [-0.3, -0.25) is 0 Å². The summed E-state index contributed by atoms with van der Waals surface area (Å²) in [4.78, 5) is 0. The standard InChI is InChI=1S/C16H27NO3S/c1-6-9-17-13(4)14-7-8-16(20-5)15(10-14)11-21(18,19)12(2)3/h7-8,10,12-13,17H,6,9,11H2,1-5H3. The Kier molecular flexibility index (Phi) is 6.68. The first-order valence-electron chi connectivity index (χ1n) is 7.43. The van der Waals surface area contributed by atoms with Crippen LogP contribution in [0, 0.1) is 0 Å². The SMILES string of the molecule is CCCNC(C)c1ccc(OC)c(CS(=O)(=O)C(C)C)c1. The quantitative estimate of drug-likeness (QED) is 0.801. The highest BCUT2D eigenvalue weighted by Crippen LogP contribution is 2.26. The number of nitrogens with one attached hydrogen (secondary N) is 1. The summed E-state index contributed by atoms with van der Waals surface area (Å²) in [6.45, 7) is 8.55. The fourth-order valence-corrected chi connectivity index (χ4v) is 3.04. The summed E-state index contributed by atoms with van der Waals surface area (Å²) in [5.74, 6) is 0.646. The minimum atomic E-state index is -3.14. The molecule has 120 valence electrons. The van der Waals surface area contributed by atoms with Crippen molar-refractivity contribution >= 4 is 9.84 Å². The number of benzene rings is 1. The van der Waals surface area contributed by atoms with Gasteiger partial charge in [0.1, 0.15) is 5.75 Å². The monoisotopic (exact) mass is 313 g/mol. The molecule has 0 aliphatic heterocycles. The van der Waals surface area contributed by atoms with Crippen LogP contribution in [0.15, 0.2) is 18.2 Å². The van der Waals surface area contributed by atoms with Gasteiger partial charge in [-0.05, 0) is 51.4 Å². The highest BCUT2D eigenvalue weighted by atomic mass is 32.2. The zero-order chi connectivity index (χ0) is 16.0. The lowest BCUT2D eigenvalue weighted by Crippen LogP contribution is -2.20. The van der Waals surface area contributed by atoms with E-state index in [0.29, 0.717) is 5.75 Å². The highest BCUT2D eigenvalue weighted by Gasteiger charge is 2.20. The number of sulfone groups is 1. The Morgan fingerprint density at radius 2 is 1.90 bits per heavy atom.